The molecule has 0 saturated heterocycles. The van der Waals surface area contributed by atoms with Gasteiger partial charge in [0, 0.05) is 12.7 Å². The second-order valence-corrected chi connectivity index (χ2v) is 4.17. The molecule has 1 aromatic rings. The largest absolute Gasteiger partial charge is 0.345 e. The van der Waals surface area contributed by atoms with Crippen LogP contribution in [0.15, 0.2) is 18.3 Å². The summed E-state index contributed by atoms with van der Waals surface area (Å²) in [6.45, 7) is 3.13. The average Bonchev–Trinajstić information content (AvgIpc) is 2.52. The van der Waals surface area contributed by atoms with Crippen molar-refractivity contribution in [1.29, 1.82) is 0 Å². The van der Waals surface area contributed by atoms with Crippen LogP contribution in [0.2, 0.25) is 0 Å². The van der Waals surface area contributed by atoms with Gasteiger partial charge in [-0.25, -0.2) is 0 Å². The van der Waals surface area contributed by atoms with Crippen LogP contribution in [0.3, 0.4) is 0 Å². The first-order valence-electron chi connectivity index (χ1n) is 4.37. The minimum atomic E-state index is 0.612. The Morgan fingerprint density at radius 2 is 2.46 bits per heavy atom. The Morgan fingerprint density at radius 3 is 3.08 bits per heavy atom. The van der Waals surface area contributed by atoms with E-state index in [0.29, 0.717) is 5.92 Å². The number of nitrogens with zero attached hydrogens (tertiary/aromatic N) is 1. The number of carbonyl (C=O) groups excluding carboxylic acids is 1. The van der Waals surface area contributed by atoms with Crippen LogP contribution in [0.1, 0.15) is 17.4 Å². The predicted octanol–water partition coefficient (Wildman–Crippen LogP) is 2.30. The highest BCUT2D eigenvalue weighted by Crippen LogP contribution is 2.09. The van der Waals surface area contributed by atoms with E-state index >= 15 is 0 Å². The molecule has 0 amide bonds. The van der Waals surface area contributed by atoms with Crippen molar-refractivity contribution in [3.8, 4) is 0 Å². The number of hydrogen-bond donors (Lipinski definition) is 0. The lowest BCUT2D eigenvalue weighted by Gasteiger charge is -2.11. The number of thioether (sulfide) groups is 1. The average molecular weight is 197 g/mol. The van der Waals surface area contributed by atoms with Crippen molar-refractivity contribution in [2.24, 2.45) is 5.92 Å². The second-order valence-electron chi connectivity index (χ2n) is 3.26. The third-order valence-corrected chi connectivity index (χ3v) is 2.85. The molecule has 1 aromatic heterocycles. The van der Waals surface area contributed by atoms with Crippen LogP contribution in [0.4, 0.5) is 0 Å². The zero-order valence-electron chi connectivity index (χ0n) is 8.06. The first kappa shape index (κ1) is 10.4. The van der Waals surface area contributed by atoms with Crippen molar-refractivity contribution < 1.29 is 4.79 Å². The maximum atomic E-state index is 10.6. The van der Waals surface area contributed by atoms with E-state index in [2.05, 4.69) is 13.2 Å². The maximum Gasteiger partial charge on any atom is 0.166 e. The van der Waals surface area contributed by atoms with Crippen molar-refractivity contribution in [1.82, 2.24) is 4.57 Å². The first-order chi connectivity index (χ1) is 6.27. The van der Waals surface area contributed by atoms with E-state index in [0.717, 1.165) is 24.3 Å². The lowest BCUT2D eigenvalue weighted by Crippen LogP contribution is -2.10. The molecule has 0 aliphatic rings. The predicted molar refractivity (Wildman–Crippen MR) is 57.4 cm³/mol. The number of aromatic nitrogens is 1. The van der Waals surface area contributed by atoms with E-state index in [4.69, 9.17) is 0 Å². The zero-order valence-corrected chi connectivity index (χ0v) is 8.88. The number of aldehydes is 1. The Balaban J connectivity index is 2.57. The SMILES string of the molecule is CSCC(C)Cn1cccc1C=O. The topological polar surface area (TPSA) is 22.0 Å². The lowest BCUT2D eigenvalue weighted by molar-refractivity contribution is 0.111. The summed E-state index contributed by atoms with van der Waals surface area (Å²) < 4.78 is 2.01. The molecule has 1 atom stereocenters. The van der Waals surface area contributed by atoms with Gasteiger partial charge in [-0.05, 0) is 30.1 Å². The van der Waals surface area contributed by atoms with Gasteiger partial charge >= 0.3 is 0 Å². The van der Waals surface area contributed by atoms with Gasteiger partial charge in [-0.2, -0.15) is 11.8 Å². The molecule has 0 aliphatic heterocycles. The Morgan fingerprint density at radius 1 is 1.69 bits per heavy atom. The maximum absolute atomic E-state index is 10.6. The van der Waals surface area contributed by atoms with Gasteiger partial charge in [0.1, 0.15) is 0 Å². The fraction of sp³-hybridized carbons (Fsp3) is 0.500. The molecule has 1 unspecified atom stereocenters. The van der Waals surface area contributed by atoms with Gasteiger partial charge in [0.15, 0.2) is 6.29 Å². The summed E-state index contributed by atoms with van der Waals surface area (Å²) in [5.41, 5.74) is 0.771. The van der Waals surface area contributed by atoms with Crippen molar-refractivity contribution in [2.75, 3.05) is 12.0 Å². The molecule has 0 aliphatic carbocycles. The molecule has 0 spiro atoms. The summed E-state index contributed by atoms with van der Waals surface area (Å²) in [5.74, 6) is 1.75. The second kappa shape index (κ2) is 5.12. The van der Waals surface area contributed by atoms with E-state index in [-0.39, 0.29) is 0 Å². The molecular weight excluding hydrogens is 182 g/mol. The van der Waals surface area contributed by atoms with E-state index in [9.17, 15) is 4.79 Å². The highest BCUT2D eigenvalue weighted by Gasteiger charge is 2.04. The van der Waals surface area contributed by atoms with Gasteiger partial charge in [-0.3, -0.25) is 4.79 Å². The highest BCUT2D eigenvalue weighted by atomic mass is 32.2. The standard InChI is InChI=1S/C10H15NOS/c1-9(8-13-2)6-11-5-3-4-10(11)7-12/h3-5,7,9H,6,8H2,1-2H3. The Hall–Kier alpha value is -0.700. The van der Waals surface area contributed by atoms with Crippen molar-refractivity contribution in [3.63, 3.8) is 0 Å². The van der Waals surface area contributed by atoms with Crippen molar-refractivity contribution in [3.05, 3.63) is 24.0 Å². The Labute approximate surface area is 83.3 Å². The fourth-order valence-corrected chi connectivity index (χ4v) is 2.05. The van der Waals surface area contributed by atoms with Crippen LogP contribution in [0.25, 0.3) is 0 Å². The molecule has 0 aromatic carbocycles. The molecular formula is C10H15NOS. The first-order valence-corrected chi connectivity index (χ1v) is 5.76. The summed E-state index contributed by atoms with van der Waals surface area (Å²) in [5, 5.41) is 0. The quantitative estimate of drug-likeness (QED) is 0.676. The fourth-order valence-electron chi connectivity index (χ4n) is 1.37. The normalized spacial score (nSPS) is 12.8. The Bertz CT molecular complexity index is 270. The molecule has 0 fully saturated rings. The van der Waals surface area contributed by atoms with Crippen LogP contribution in [0.5, 0.6) is 0 Å². The monoisotopic (exact) mass is 197 g/mol. The van der Waals surface area contributed by atoms with E-state index in [1.54, 1.807) is 0 Å². The Kier molecular flexibility index (Phi) is 4.09. The molecule has 1 rings (SSSR count). The molecule has 0 saturated carbocycles. The summed E-state index contributed by atoms with van der Waals surface area (Å²) in [6.07, 6.45) is 4.97. The van der Waals surface area contributed by atoms with Crippen LogP contribution < -0.4 is 0 Å². The van der Waals surface area contributed by atoms with Crippen LogP contribution in [-0.4, -0.2) is 22.9 Å². The third kappa shape index (κ3) is 2.92. The van der Waals surface area contributed by atoms with Crippen molar-refractivity contribution in [2.45, 2.75) is 13.5 Å². The van der Waals surface area contributed by atoms with E-state index in [1.165, 1.54) is 0 Å². The molecule has 0 radical (unpaired) electrons. The van der Waals surface area contributed by atoms with Gasteiger partial charge in [0.05, 0.1) is 5.69 Å². The van der Waals surface area contributed by atoms with Crippen molar-refractivity contribution >= 4 is 18.0 Å². The highest BCUT2D eigenvalue weighted by molar-refractivity contribution is 7.98. The number of carbonyl (C=O) groups is 1. The van der Waals surface area contributed by atoms with Gasteiger partial charge in [0.25, 0.3) is 0 Å². The van der Waals surface area contributed by atoms with Gasteiger partial charge in [-0.15, -0.1) is 0 Å². The molecule has 3 heteroatoms. The zero-order chi connectivity index (χ0) is 9.68. The molecule has 1 heterocycles. The number of rotatable bonds is 5. The molecule has 13 heavy (non-hydrogen) atoms. The van der Waals surface area contributed by atoms with Crippen LogP contribution in [-0.2, 0) is 6.54 Å². The van der Waals surface area contributed by atoms with Gasteiger partial charge in [-0.1, -0.05) is 6.92 Å². The third-order valence-electron chi connectivity index (χ3n) is 1.94. The summed E-state index contributed by atoms with van der Waals surface area (Å²) >= 11 is 1.84. The smallest absolute Gasteiger partial charge is 0.166 e. The summed E-state index contributed by atoms with van der Waals surface area (Å²) in [6, 6.07) is 3.76. The van der Waals surface area contributed by atoms with Gasteiger partial charge in [0.2, 0.25) is 0 Å². The molecule has 72 valence electrons. The van der Waals surface area contributed by atoms with Crippen LogP contribution in [0, 0.1) is 5.92 Å². The van der Waals surface area contributed by atoms with Gasteiger partial charge < -0.3 is 4.57 Å². The minimum absolute atomic E-state index is 0.612. The van der Waals surface area contributed by atoms with E-state index < -0.39 is 0 Å². The summed E-state index contributed by atoms with van der Waals surface area (Å²) in [7, 11) is 0. The summed E-state index contributed by atoms with van der Waals surface area (Å²) in [4.78, 5) is 10.6. The molecule has 2 nitrogen and oxygen atoms in total. The van der Waals surface area contributed by atoms with E-state index in [1.807, 2.05) is 34.7 Å². The molecule has 0 N–H and O–H groups in total. The number of hydrogen-bond acceptors (Lipinski definition) is 2. The van der Waals surface area contributed by atoms with Crippen LogP contribution >= 0.6 is 11.8 Å². The minimum Gasteiger partial charge on any atom is -0.345 e. The lowest BCUT2D eigenvalue weighted by atomic mass is 10.2. The molecule has 0 bridgehead atoms.